The van der Waals surface area contributed by atoms with Gasteiger partial charge in [0.2, 0.25) is 10.0 Å². The highest BCUT2D eigenvalue weighted by molar-refractivity contribution is 7.89. The predicted molar refractivity (Wildman–Crippen MR) is 124 cm³/mol. The van der Waals surface area contributed by atoms with Crippen LogP contribution in [-0.2, 0) is 10.0 Å². The predicted octanol–water partition coefficient (Wildman–Crippen LogP) is 5.01. The lowest BCUT2D eigenvalue weighted by Gasteiger charge is -2.15. The monoisotopic (exact) mass is 434 g/mol. The van der Waals surface area contributed by atoms with Crippen LogP contribution in [0.15, 0.2) is 71.6 Å². The number of carbonyl (C=O) groups is 1. The third-order valence-corrected chi connectivity index (χ3v) is 7.72. The van der Waals surface area contributed by atoms with Crippen molar-refractivity contribution in [1.29, 1.82) is 0 Å². The zero-order valence-electron chi connectivity index (χ0n) is 17.8. The molecule has 1 fully saturated rings. The Morgan fingerprint density at radius 3 is 1.97 bits per heavy atom. The Morgan fingerprint density at radius 1 is 0.806 bits per heavy atom. The van der Waals surface area contributed by atoms with Gasteiger partial charge in [-0.15, -0.1) is 0 Å². The molecule has 0 unspecified atom stereocenters. The number of hydrogen-bond donors (Lipinski definition) is 1. The first-order chi connectivity index (χ1) is 14.8. The summed E-state index contributed by atoms with van der Waals surface area (Å²) < 4.78 is 26.9. The fraction of sp³-hybridized carbons (Fsp3) is 0.240. The second-order valence-electron chi connectivity index (χ2n) is 7.97. The topological polar surface area (TPSA) is 66.5 Å². The van der Waals surface area contributed by atoms with Crippen molar-refractivity contribution >= 4 is 21.6 Å². The molecule has 3 aromatic rings. The largest absolute Gasteiger partial charge is 0.322 e. The van der Waals surface area contributed by atoms with Gasteiger partial charge in [-0.25, -0.2) is 8.42 Å². The summed E-state index contributed by atoms with van der Waals surface area (Å²) in [6, 6.07) is 20.1. The summed E-state index contributed by atoms with van der Waals surface area (Å²) in [5.74, 6) is -0.165. The van der Waals surface area contributed by atoms with Crippen LogP contribution in [0.25, 0.3) is 11.1 Å². The van der Waals surface area contributed by atoms with Crippen molar-refractivity contribution in [3.8, 4) is 11.1 Å². The molecule has 31 heavy (non-hydrogen) atoms. The first-order valence-corrected chi connectivity index (χ1v) is 11.9. The Labute approximate surface area is 183 Å². The molecule has 1 N–H and O–H groups in total. The lowest BCUT2D eigenvalue weighted by atomic mass is 10.0. The molecule has 1 aliphatic heterocycles. The average Bonchev–Trinajstić information content (AvgIpc) is 3.32. The van der Waals surface area contributed by atoms with Crippen molar-refractivity contribution in [1.82, 2.24) is 4.31 Å². The lowest BCUT2D eigenvalue weighted by Crippen LogP contribution is -2.27. The van der Waals surface area contributed by atoms with Gasteiger partial charge in [-0.1, -0.05) is 30.3 Å². The molecule has 1 heterocycles. The van der Waals surface area contributed by atoms with E-state index < -0.39 is 10.0 Å². The van der Waals surface area contributed by atoms with Crippen LogP contribution in [0.5, 0.6) is 0 Å². The van der Waals surface area contributed by atoms with Gasteiger partial charge in [0.1, 0.15) is 0 Å². The SMILES string of the molecule is Cc1ccc(NC(=O)c2ccc(-c3ccc(S(=O)(=O)N4CCCC4)cc3)cc2)cc1C. The van der Waals surface area contributed by atoms with Gasteiger partial charge < -0.3 is 5.32 Å². The van der Waals surface area contributed by atoms with Crippen LogP contribution in [-0.4, -0.2) is 31.7 Å². The molecule has 0 aromatic heterocycles. The normalized spacial score (nSPS) is 14.5. The quantitative estimate of drug-likeness (QED) is 0.614. The van der Waals surface area contributed by atoms with Crippen LogP contribution in [0, 0.1) is 13.8 Å². The van der Waals surface area contributed by atoms with Crippen molar-refractivity contribution in [3.63, 3.8) is 0 Å². The Balaban J connectivity index is 1.47. The minimum atomic E-state index is -3.41. The van der Waals surface area contributed by atoms with Crippen LogP contribution >= 0.6 is 0 Å². The van der Waals surface area contributed by atoms with Gasteiger partial charge in [-0.2, -0.15) is 4.31 Å². The third-order valence-electron chi connectivity index (χ3n) is 5.80. The highest BCUT2D eigenvalue weighted by Crippen LogP contribution is 2.25. The van der Waals surface area contributed by atoms with Crippen LogP contribution in [0.1, 0.15) is 34.3 Å². The fourth-order valence-corrected chi connectivity index (χ4v) is 5.25. The number of rotatable bonds is 5. The average molecular weight is 435 g/mol. The van der Waals surface area contributed by atoms with Crippen molar-refractivity contribution in [2.75, 3.05) is 18.4 Å². The zero-order valence-corrected chi connectivity index (χ0v) is 18.6. The summed E-state index contributed by atoms with van der Waals surface area (Å²) in [6.07, 6.45) is 1.83. The van der Waals surface area contributed by atoms with Crippen molar-refractivity contribution in [3.05, 3.63) is 83.4 Å². The van der Waals surface area contributed by atoms with Crippen LogP contribution in [0.4, 0.5) is 5.69 Å². The maximum atomic E-state index is 12.7. The fourth-order valence-electron chi connectivity index (χ4n) is 3.73. The molecule has 3 aromatic carbocycles. The smallest absolute Gasteiger partial charge is 0.255 e. The van der Waals surface area contributed by atoms with E-state index in [0.29, 0.717) is 23.5 Å². The van der Waals surface area contributed by atoms with Gasteiger partial charge in [-0.3, -0.25) is 4.79 Å². The summed E-state index contributed by atoms with van der Waals surface area (Å²) in [7, 11) is -3.41. The molecule has 1 aliphatic rings. The van der Waals surface area contributed by atoms with E-state index in [2.05, 4.69) is 5.32 Å². The summed E-state index contributed by atoms with van der Waals surface area (Å²) in [5.41, 5.74) is 5.47. The minimum Gasteiger partial charge on any atom is -0.322 e. The molecule has 5 nitrogen and oxygen atoms in total. The maximum Gasteiger partial charge on any atom is 0.255 e. The summed E-state index contributed by atoms with van der Waals surface area (Å²) in [6.45, 7) is 5.24. The van der Waals surface area contributed by atoms with Crippen molar-refractivity contribution in [2.24, 2.45) is 0 Å². The van der Waals surface area contributed by atoms with Gasteiger partial charge in [0, 0.05) is 24.3 Å². The standard InChI is InChI=1S/C25H26N2O3S/c1-18-5-12-23(17-19(18)2)26-25(28)22-8-6-20(7-9-22)21-10-13-24(14-11-21)31(29,30)27-15-3-4-16-27/h5-14,17H,3-4,15-16H2,1-2H3,(H,26,28). The molecule has 0 bridgehead atoms. The number of anilines is 1. The molecule has 4 rings (SSSR count). The number of hydrogen-bond acceptors (Lipinski definition) is 3. The highest BCUT2D eigenvalue weighted by Gasteiger charge is 2.26. The molecule has 0 atom stereocenters. The molecule has 1 amide bonds. The first kappa shape index (κ1) is 21.3. The number of amides is 1. The summed E-state index contributed by atoms with van der Waals surface area (Å²) in [4.78, 5) is 12.9. The molecule has 0 radical (unpaired) electrons. The van der Waals surface area contributed by atoms with Gasteiger partial charge in [0.15, 0.2) is 0 Å². The second kappa shape index (κ2) is 8.65. The van der Waals surface area contributed by atoms with E-state index in [4.69, 9.17) is 0 Å². The Morgan fingerprint density at radius 2 is 1.39 bits per heavy atom. The molecule has 0 aliphatic carbocycles. The van der Waals surface area contributed by atoms with E-state index >= 15 is 0 Å². The maximum absolute atomic E-state index is 12.7. The summed E-state index contributed by atoms with van der Waals surface area (Å²) >= 11 is 0. The first-order valence-electron chi connectivity index (χ1n) is 10.4. The molecular weight excluding hydrogens is 408 g/mol. The van der Waals surface area contributed by atoms with E-state index in [9.17, 15) is 13.2 Å². The van der Waals surface area contributed by atoms with Gasteiger partial charge in [0.05, 0.1) is 4.90 Å². The van der Waals surface area contributed by atoms with E-state index in [1.165, 1.54) is 5.56 Å². The van der Waals surface area contributed by atoms with E-state index in [-0.39, 0.29) is 5.91 Å². The van der Waals surface area contributed by atoms with Gasteiger partial charge >= 0.3 is 0 Å². The molecule has 160 valence electrons. The van der Waals surface area contributed by atoms with Crippen LogP contribution < -0.4 is 5.32 Å². The van der Waals surface area contributed by atoms with E-state index in [1.54, 1.807) is 28.6 Å². The number of nitrogens with zero attached hydrogens (tertiary/aromatic N) is 1. The highest BCUT2D eigenvalue weighted by atomic mass is 32.2. The molecule has 0 spiro atoms. The number of nitrogens with one attached hydrogen (secondary N) is 1. The molecule has 1 saturated heterocycles. The number of benzene rings is 3. The summed E-state index contributed by atoms with van der Waals surface area (Å²) in [5, 5.41) is 2.93. The van der Waals surface area contributed by atoms with E-state index in [0.717, 1.165) is 35.2 Å². The number of sulfonamides is 1. The third kappa shape index (κ3) is 4.55. The number of aryl methyl sites for hydroxylation is 2. The molecular formula is C25H26N2O3S. The second-order valence-corrected chi connectivity index (χ2v) is 9.90. The molecule has 0 saturated carbocycles. The zero-order chi connectivity index (χ0) is 22.0. The van der Waals surface area contributed by atoms with Crippen molar-refractivity contribution in [2.45, 2.75) is 31.6 Å². The van der Waals surface area contributed by atoms with E-state index in [1.807, 2.05) is 56.3 Å². The van der Waals surface area contributed by atoms with Crippen LogP contribution in [0.3, 0.4) is 0 Å². The Kier molecular flexibility index (Phi) is 5.94. The van der Waals surface area contributed by atoms with Crippen LogP contribution in [0.2, 0.25) is 0 Å². The lowest BCUT2D eigenvalue weighted by molar-refractivity contribution is 0.102. The van der Waals surface area contributed by atoms with Gasteiger partial charge in [0.25, 0.3) is 5.91 Å². The Bertz CT molecular complexity index is 1190. The molecule has 6 heteroatoms. The van der Waals surface area contributed by atoms with Crippen molar-refractivity contribution < 1.29 is 13.2 Å². The van der Waals surface area contributed by atoms with Gasteiger partial charge in [-0.05, 0) is 85.3 Å². The minimum absolute atomic E-state index is 0.165. The number of carbonyl (C=O) groups excluding carboxylic acids is 1. The Hall–Kier alpha value is -2.96.